The molecule has 0 aliphatic heterocycles. The molecule has 2 rings (SSSR count). The molecule has 0 aliphatic rings. The molecule has 0 spiro atoms. The van der Waals surface area contributed by atoms with E-state index in [1.54, 1.807) is 12.1 Å². The number of anilines is 2. The van der Waals surface area contributed by atoms with Gasteiger partial charge in [-0.2, -0.15) is 0 Å². The first kappa shape index (κ1) is 13.5. The van der Waals surface area contributed by atoms with Crippen LogP contribution in [0, 0.1) is 12.7 Å². The minimum absolute atomic E-state index is 0.265. The number of halogens is 2. The second-order valence-electron chi connectivity index (χ2n) is 4.14. The summed E-state index contributed by atoms with van der Waals surface area (Å²) in [4.78, 5) is 12.1. The molecular weight excluding hydrogens is 311 g/mol. The molecule has 3 nitrogen and oxygen atoms in total. The van der Waals surface area contributed by atoms with Crippen molar-refractivity contribution in [2.75, 3.05) is 11.1 Å². The van der Waals surface area contributed by atoms with Gasteiger partial charge in [-0.25, -0.2) is 4.39 Å². The van der Waals surface area contributed by atoms with E-state index in [0.717, 1.165) is 10.0 Å². The molecule has 0 radical (unpaired) electrons. The second-order valence-corrected chi connectivity index (χ2v) is 4.99. The van der Waals surface area contributed by atoms with Crippen LogP contribution in [0.25, 0.3) is 0 Å². The van der Waals surface area contributed by atoms with Crippen LogP contribution >= 0.6 is 15.9 Å². The number of benzene rings is 2. The number of nitrogen functional groups attached to an aromatic ring is 1. The van der Waals surface area contributed by atoms with E-state index in [9.17, 15) is 9.18 Å². The smallest absolute Gasteiger partial charge is 0.255 e. The molecule has 0 atom stereocenters. The first-order valence-corrected chi connectivity index (χ1v) is 6.39. The third kappa shape index (κ3) is 3.12. The van der Waals surface area contributed by atoms with Gasteiger partial charge in [-0.05, 0) is 42.8 Å². The van der Waals surface area contributed by atoms with Gasteiger partial charge in [-0.1, -0.05) is 22.0 Å². The molecule has 0 unspecified atom stereocenters. The summed E-state index contributed by atoms with van der Waals surface area (Å²) in [5.74, 6) is -0.787. The average molecular weight is 323 g/mol. The van der Waals surface area contributed by atoms with Gasteiger partial charge in [0.25, 0.3) is 5.91 Å². The van der Waals surface area contributed by atoms with Crippen molar-refractivity contribution in [2.24, 2.45) is 0 Å². The minimum atomic E-state index is -0.485. The minimum Gasteiger partial charge on any atom is -0.399 e. The summed E-state index contributed by atoms with van der Waals surface area (Å²) in [7, 11) is 0. The molecule has 0 bridgehead atoms. The van der Waals surface area contributed by atoms with Gasteiger partial charge in [0.05, 0.1) is 0 Å². The van der Waals surface area contributed by atoms with Crippen LogP contribution < -0.4 is 11.1 Å². The number of hydrogen-bond donors (Lipinski definition) is 2. The van der Waals surface area contributed by atoms with Crippen molar-refractivity contribution in [3.8, 4) is 0 Å². The third-order valence-corrected chi connectivity index (χ3v) is 3.55. The van der Waals surface area contributed by atoms with Gasteiger partial charge in [-0.15, -0.1) is 0 Å². The lowest BCUT2D eigenvalue weighted by Crippen LogP contribution is -2.13. The van der Waals surface area contributed by atoms with Gasteiger partial charge in [0.15, 0.2) is 0 Å². The molecule has 0 saturated heterocycles. The SMILES string of the molecule is Cc1c(Br)cccc1C(=O)Nc1cc(N)cc(F)c1. The molecule has 1 amide bonds. The third-order valence-electron chi connectivity index (χ3n) is 2.69. The molecule has 3 N–H and O–H groups in total. The highest BCUT2D eigenvalue weighted by molar-refractivity contribution is 9.10. The molecule has 98 valence electrons. The van der Waals surface area contributed by atoms with Crippen LogP contribution in [0.3, 0.4) is 0 Å². The highest BCUT2D eigenvalue weighted by Crippen LogP contribution is 2.21. The monoisotopic (exact) mass is 322 g/mol. The summed E-state index contributed by atoms with van der Waals surface area (Å²) >= 11 is 3.36. The fraction of sp³-hybridized carbons (Fsp3) is 0.0714. The number of nitrogens with one attached hydrogen (secondary N) is 1. The zero-order chi connectivity index (χ0) is 14.0. The molecule has 2 aromatic rings. The second kappa shape index (κ2) is 5.40. The van der Waals surface area contributed by atoms with Gasteiger partial charge in [0.2, 0.25) is 0 Å². The molecular formula is C14H12BrFN2O. The maximum atomic E-state index is 13.2. The van der Waals surface area contributed by atoms with Crippen molar-refractivity contribution in [1.29, 1.82) is 0 Å². The number of carbonyl (C=O) groups is 1. The maximum absolute atomic E-state index is 13.2. The predicted octanol–water partition coefficient (Wildman–Crippen LogP) is 3.73. The number of hydrogen-bond acceptors (Lipinski definition) is 2. The van der Waals surface area contributed by atoms with Crippen LogP contribution in [0.1, 0.15) is 15.9 Å². The quantitative estimate of drug-likeness (QED) is 0.828. The molecule has 0 aromatic heterocycles. The van der Waals surface area contributed by atoms with Gasteiger partial charge >= 0.3 is 0 Å². The van der Waals surface area contributed by atoms with Crippen LogP contribution in [-0.4, -0.2) is 5.91 Å². The summed E-state index contributed by atoms with van der Waals surface area (Å²) in [5.41, 5.74) is 7.48. The Balaban J connectivity index is 2.28. The molecule has 0 heterocycles. The standard InChI is InChI=1S/C14H12BrFN2O/c1-8-12(3-2-4-13(8)15)14(19)18-11-6-9(16)5-10(17)7-11/h2-7H,17H2,1H3,(H,18,19). The largest absolute Gasteiger partial charge is 0.399 e. The lowest BCUT2D eigenvalue weighted by molar-refractivity contribution is 0.102. The van der Waals surface area contributed by atoms with E-state index in [2.05, 4.69) is 21.2 Å². The molecule has 0 fully saturated rings. The van der Waals surface area contributed by atoms with Crippen LogP contribution in [0.5, 0.6) is 0 Å². The molecule has 0 saturated carbocycles. The summed E-state index contributed by atoms with van der Waals surface area (Å²) in [6.07, 6.45) is 0. The first-order chi connectivity index (χ1) is 8.97. The van der Waals surface area contributed by atoms with Crippen molar-refractivity contribution < 1.29 is 9.18 Å². The van der Waals surface area contributed by atoms with Crippen LogP contribution in [0.2, 0.25) is 0 Å². The van der Waals surface area contributed by atoms with Gasteiger partial charge in [0.1, 0.15) is 5.82 Å². The Hall–Kier alpha value is -1.88. The molecule has 5 heteroatoms. The van der Waals surface area contributed by atoms with Crippen molar-refractivity contribution in [3.05, 3.63) is 57.8 Å². The highest BCUT2D eigenvalue weighted by Gasteiger charge is 2.11. The van der Waals surface area contributed by atoms with Crippen LogP contribution in [0.15, 0.2) is 40.9 Å². The number of carbonyl (C=O) groups excluding carboxylic acids is 1. The van der Waals surface area contributed by atoms with Crippen LogP contribution in [-0.2, 0) is 0 Å². The average Bonchev–Trinajstić information content (AvgIpc) is 2.31. The predicted molar refractivity (Wildman–Crippen MR) is 77.6 cm³/mol. The summed E-state index contributed by atoms with van der Waals surface area (Å²) in [6.45, 7) is 1.83. The van der Waals surface area contributed by atoms with Gasteiger partial charge in [-0.3, -0.25) is 4.79 Å². The van der Waals surface area contributed by atoms with Crippen molar-refractivity contribution in [2.45, 2.75) is 6.92 Å². The highest BCUT2D eigenvalue weighted by atomic mass is 79.9. The van der Waals surface area contributed by atoms with Crippen LogP contribution in [0.4, 0.5) is 15.8 Å². The summed E-state index contributed by atoms with van der Waals surface area (Å²) in [6, 6.07) is 9.26. The van der Waals surface area contributed by atoms with E-state index in [-0.39, 0.29) is 11.6 Å². The number of amides is 1. The zero-order valence-electron chi connectivity index (χ0n) is 10.2. The first-order valence-electron chi connectivity index (χ1n) is 5.60. The molecule has 2 aromatic carbocycles. The Kier molecular flexibility index (Phi) is 3.85. The van der Waals surface area contributed by atoms with E-state index in [1.165, 1.54) is 18.2 Å². The normalized spacial score (nSPS) is 10.3. The van der Waals surface area contributed by atoms with E-state index >= 15 is 0 Å². The Morgan fingerprint density at radius 3 is 2.74 bits per heavy atom. The van der Waals surface area contributed by atoms with E-state index < -0.39 is 5.82 Å². The van der Waals surface area contributed by atoms with Crippen molar-refractivity contribution in [3.63, 3.8) is 0 Å². The fourth-order valence-corrected chi connectivity index (χ4v) is 2.10. The number of rotatable bonds is 2. The Morgan fingerprint density at radius 1 is 1.32 bits per heavy atom. The zero-order valence-corrected chi connectivity index (χ0v) is 11.8. The summed E-state index contributed by atoms with van der Waals surface area (Å²) in [5, 5.41) is 2.63. The Morgan fingerprint density at radius 2 is 2.05 bits per heavy atom. The Bertz CT molecular complexity index is 623. The van der Waals surface area contributed by atoms with Gasteiger partial charge < -0.3 is 11.1 Å². The number of nitrogens with two attached hydrogens (primary N) is 1. The lowest BCUT2D eigenvalue weighted by atomic mass is 10.1. The molecule has 0 aliphatic carbocycles. The van der Waals surface area contributed by atoms with E-state index in [0.29, 0.717) is 11.3 Å². The molecule has 19 heavy (non-hydrogen) atoms. The fourth-order valence-electron chi connectivity index (χ4n) is 1.74. The van der Waals surface area contributed by atoms with E-state index in [1.807, 2.05) is 13.0 Å². The van der Waals surface area contributed by atoms with E-state index in [4.69, 9.17) is 5.73 Å². The summed E-state index contributed by atoms with van der Waals surface area (Å²) < 4.78 is 14.0. The van der Waals surface area contributed by atoms with Crippen molar-refractivity contribution >= 4 is 33.2 Å². The van der Waals surface area contributed by atoms with Gasteiger partial charge in [0, 0.05) is 21.4 Å². The Labute approximate surface area is 118 Å². The topological polar surface area (TPSA) is 55.1 Å². The maximum Gasteiger partial charge on any atom is 0.255 e. The lowest BCUT2D eigenvalue weighted by Gasteiger charge is -2.09. The van der Waals surface area contributed by atoms with Crippen molar-refractivity contribution in [1.82, 2.24) is 0 Å².